The molecule has 0 radical (unpaired) electrons. The van der Waals surface area contributed by atoms with Crippen molar-refractivity contribution in [2.24, 2.45) is 0 Å². The van der Waals surface area contributed by atoms with Crippen LogP contribution in [0.15, 0.2) is 18.2 Å². The van der Waals surface area contributed by atoms with Gasteiger partial charge in [0.05, 0.1) is 28.8 Å². The minimum Gasteiger partial charge on any atom is -0.396 e. The van der Waals surface area contributed by atoms with Gasteiger partial charge in [0.1, 0.15) is 0 Å². The first-order valence-electron chi connectivity index (χ1n) is 4.00. The summed E-state index contributed by atoms with van der Waals surface area (Å²) < 4.78 is 0. The summed E-state index contributed by atoms with van der Waals surface area (Å²) in [6.45, 7) is -0.200. The normalized spacial score (nSPS) is 9.93. The number of para-hydroxylation sites is 1. The van der Waals surface area contributed by atoms with E-state index in [1.807, 2.05) is 0 Å². The Morgan fingerprint density at radius 3 is 2.43 bits per heavy atom. The molecular formula is C9H9Cl2NO2. The van der Waals surface area contributed by atoms with Crippen LogP contribution in [0.1, 0.15) is 6.42 Å². The van der Waals surface area contributed by atoms with Gasteiger partial charge >= 0.3 is 0 Å². The minimum absolute atomic E-state index is 0.0293. The molecule has 1 rings (SSSR count). The number of aliphatic hydroxyl groups is 1. The van der Waals surface area contributed by atoms with Crippen LogP contribution in [0.3, 0.4) is 0 Å². The molecule has 0 atom stereocenters. The highest BCUT2D eigenvalue weighted by atomic mass is 35.5. The predicted molar refractivity (Wildman–Crippen MR) is 56.8 cm³/mol. The Hall–Kier alpha value is -0.770. The molecule has 0 aliphatic heterocycles. The van der Waals surface area contributed by atoms with Gasteiger partial charge in [0.2, 0.25) is 5.91 Å². The molecule has 1 amide bonds. The molecule has 0 aromatic heterocycles. The van der Waals surface area contributed by atoms with E-state index in [-0.39, 0.29) is 18.9 Å². The van der Waals surface area contributed by atoms with E-state index in [9.17, 15) is 4.79 Å². The van der Waals surface area contributed by atoms with Crippen molar-refractivity contribution in [1.82, 2.24) is 0 Å². The topological polar surface area (TPSA) is 49.3 Å². The average Bonchev–Trinajstić information content (AvgIpc) is 2.12. The van der Waals surface area contributed by atoms with Crippen LogP contribution in [-0.2, 0) is 4.79 Å². The third-order valence-electron chi connectivity index (χ3n) is 1.57. The summed E-state index contributed by atoms with van der Waals surface area (Å²) in [5, 5.41) is 11.8. The molecule has 3 nitrogen and oxygen atoms in total. The highest BCUT2D eigenvalue weighted by molar-refractivity contribution is 6.39. The van der Waals surface area contributed by atoms with Gasteiger partial charge in [-0.2, -0.15) is 0 Å². The average molecular weight is 234 g/mol. The van der Waals surface area contributed by atoms with E-state index in [1.54, 1.807) is 18.2 Å². The fraction of sp³-hybridized carbons (Fsp3) is 0.222. The summed E-state index contributed by atoms with van der Waals surface area (Å²) in [5.74, 6) is -0.317. The molecule has 2 N–H and O–H groups in total. The van der Waals surface area contributed by atoms with E-state index in [0.717, 1.165) is 0 Å². The number of carbonyl (C=O) groups is 1. The van der Waals surface area contributed by atoms with Crippen LogP contribution in [0, 0.1) is 0 Å². The van der Waals surface area contributed by atoms with Gasteiger partial charge in [0.25, 0.3) is 0 Å². The van der Waals surface area contributed by atoms with Gasteiger partial charge in [0, 0.05) is 0 Å². The monoisotopic (exact) mass is 233 g/mol. The molecule has 1 aromatic carbocycles. The van der Waals surface area contributed by atoms with Gasteiger partial charge in [-0.05, 0) is 12.1 Å². The number of benzene rings is 1. The highest BCUT2D eigenvalue weighted by Crippen LogP contribution is 2.29. The van der Waals surface area contributed by atoms with Gasteiger partial charge in [-0.15, -0.1) is 0 Å². The molecule has 0 saturated carbocycles. The SMILES string of the molecule is O=C(CCO)Nc1c(Cl)cccc1Cl. The van der Waals surface area contributed by atoms with Crippen molar-refractivity contribution in [2.75, 3.05) is 11.9 Å². The molecule has 0 fully saturated rings. The van der Waals surface area contributed by atoms with Gasteiger partial charge in [-0.1, -0.05) is 29.3 Å². The zero-order valence-electron chi connectivity index (χ0n) is 7.26. The molecule has 0 unspecified atom stereocenters. The third kappa shape index (κ3) is 2.87. The Balaban J connectivity index is 2.80. The lowest BCUT2D eigenvalue weighted by Crippen LogP contribution is -2.13. The van der Waals surface area contributed by atoms with Crippen molar-refractivity contribution >= 4 is 34.8 Å². The Bertz CT molecular complexity index is 321. The number of hydrogen-bond acceptors (Lipinski definition) is 2. The van der Waals surface area contributed by atoms with E-state index >= 15 is 0 Å². The summed E-state index contributed by atoms with van der Waals surface area (Å²) in [6.07, 6.45) is 0.0293. The number of amides is 1. The third-order valence-corrected chi connectivity index (χ3v) is 2.20. The van der Waals surface area contributed by atoms with Crippen molar-refractivity contribution in [2.45, 2.75) is 6.42 Å². The Labute approximate surface area is 91.6 Å². The fourth-order valence-corrected chi connectivity index (χ4v) is 1.41. The summed E-state index contributed by atoms with van der Waals surface area (Å²) in [6, 6.07) is 4.94. The van der Waals surface area contributed by atoms with Gasteiger partial charge in [-0.3, -0.25) is 4.79 Å². The van der Waals surface area contributed by atoms with Crippen LogP contribution >= 0.6 is 23.2 Å². The number of anilines is 1. The molecule has 14 heavy (non-hydrogen) atoms. The number of carbonyl (C=O) groups excluding carboxylic acids is 1. The number of halogens is 2. The van der Waals surface area contributed by atoms with Crippen molar-refractivity contribution in [3.05, 3.63) is 28.2 Å². The van der Waals surface area contributed by atoms with Crippen LogP contribution in [0.5, 0.6) is 0 Å². The van der Waals surface area contributed by atoms with Crippen LogP contribution < -0.4 is 5.32 Å². The number of hydrogen-bond donors (Lipinski definition) is 2. The van der Waals surface area contributed by atoms with Crippen LogP contribution in [0.2, 0.25) is 10.0 Å². The van der Waals surface area contributed by atoms with Gasteiger partial charge in [0.15, 0.2) is 0 Å². The van der Waals surface area contributed by atoms with Gasteiger partial charge < -0.3 is 10.4 Å². The summed E-state index contributed by atoms with van der Waals surface area (Å²) in [7, 11) is 0. The van der Waals surface area contributed by atoms with Crippen molar-refractivity contribution < 1.29 is 9.90 Å². The van der Waals surface area contributed by atoms with Crippen molar-refractivity contribution in [3.63, 3.8) is 0 Å². The molecule has 76 valence electrons. The quantitative estimate of drug-likeness (QED) is 0.842. The van der Waals surface area contributed by atoms with Crippen LogP contribution in [0.4, 0.5) is 5.69 Å². The summed E-state index contributed by atoms with van der Waals surface area (Å²) >= 11 is 11.6. The second-order valence-electron chi connectivity index (χ2n) is 2.62. The maximum Gasteiger partial charge on any atom is 0.226 e. The molecule has 0 saturated heterocycles. The molecular weight excluding hydrogens is 225 g/mol. The molecule has 0 heterocycles. The van der Waals surface area contributed by atoms with E-state index in [0.29, 0.717) is 15.7 Å². The maximum absolute atomic E-state index is 11.1. The molecule has 5 heteroatoms. The van der Waals surface area contributed by atoms with Crippen molar-refractivity contribution in [3.8, 4) is 0 Å². The largest absolute Gasteiger partial charge is 0.396 e. The van der Waals surface area contributed by atoms with E-state index in [4.69, 9.17) is 28.3 Å². The zero-order chi connectivity index (χ0) is 10.6. The Kier molecular flexibility index (Phi) is 4.20. The first-order chi connectivity index (χ1) is 6.65. The van der Waals surface area contributed by atoms with Crippen molar-refractivity contribution in [1.29, 1.82) is 0 Å². The van der Waals surface area contributed by atoms with Crippen LogP contribution in [0.25, 0.3) is 0 Å². The standard InChI is InChI=1S/C9H9Cl2NO2/c10-6-2-1-3-7(11)9(6)12-8(14)4-5-13/h1-3,13H,4-5H2,(H,12,14). The molecule has 0 spiro atoms. The Morgan fingerprint density at radius 1 is 1.36 bits per heavy atom. The molecule has 1 aromatic rings. The first kappa shape index (κ1) is 11.3. The lowest BCUT2D eigenvalue weighted by Gasteiger charge is -2.07. The highest BCUT2D eigenvalue weighted by Gasteiger charge is 2.08. The number of aliphatic hydroxyl groups excluding tert-OH is 1. The predicted octanol–water partition coefficient (Wildman–Crippen LogP) is 2.31. The minimum atomic E-state index is -0.317. The smallest absolute Gasteiger partial charge is 0.226 e. The summed E-state index contributed by atoms with van der Waals surface area (Å²) in [5.41, 5.74) is 0.384. The lowest BCUT2D eigenvalue weighted by atomic mass is 10.3. The maximum atomic E-state index is 11.1. The van der Waals surface area contributed by atoms with E-state index in [2.05, 4.69) is 5.32 Å². The zero-order valence-corrected chi connectivity index (χ0v) is 8.77. The van der Waals surface area contributed by atoms with Gasteiger partial charge in [-0.25, -0.2) is 0 Å². The number of rotatable bonds is 3. The molecule has 0 aliphatic carbocycles. The first-order valence-corrected chi connectivity index (χ1v) is 4.75. The second-order valence-corrected chi connectivity index (χ2v) is 3.43. The summed E-state index contributed by atoms with van der Waals surface area (Å²) in [4.78, 5) is 11.1. The Morgan fingerprint density at radius 2 is 1.93 bits per heavy atom. The van der Waals surface area contributed by atoms with E-state index in [1.165, 1.54) is 0 Å². The number of nitrogens with one attached hydrogen (secondary N) is 1. The second kappa shape index (κ2) is 5.20. The molecule has 0 aliphatic rings. The lowest BCUT2D eigenvalue weighted by molar-refractivity contribution is -0.116. The van der Waals surface area contributed by atoms with Crippen LogP contribution in [-0.4, -0.2) is 17.6 Å². The van der Waals surface area contributed by atoms with E-state index < -0.39 is 0 Å². The molecule has 0 bridgehead atoms. The fourth-order valence-electron chi connectivity index (χ4n) is 0.921.